The molecular formula is C22H38N2S. The number of hydrogen-bond acceptors (Lipinski definition) is 3. The summed E-state index contributed by atoms with van der Waals surface area (Å²) in [5.74, 6) is 3.37. The predicted octanol–water partition coefficient (Wildman–Crippen LogP) is 5.19. The van der Waals surface area contributed by atoms with E-state index in [1.54, 1.807) is 0 Å². The number of rotatable bonds is 13. The number of benzene rings is 1. The lowest BCUT2D eigenvalue weighted by atomic mass is 10.1. The quantitative estimate of drug-likeness (QED) is 0.486. The first-order chi connectivity index (χ1) is 12.3. The van der Waals surface area contributed by atoms with Crippen molar-refractivity contribution >= 4 is 11.8 Å². The summed E-state index contributed by atoms with van der Waals surface area (Å²) < 4.78 is 0. The molecule has 0 saturated heterocycles. The van der Waals surface area contributed by atoms with E-state index in [0.29, 0.717) is 6.04 Å². The topological polar surface area (TPSA) is 15.3 Å². The van der Waals surface area contributed by atoms with Gasteiger partial charge in [-0.25, -0.2) is 0 Å². The molecule has 0 amide bonds. The summed E-state index contributed by atoms with van der Waals surface area (Å²) in [5, 5.41) is 3.63. The molecule has 0 radical (unpaired) electrons. The second-order valence-corrected chi connectivity index (χ2v) is 8.84. The largest absolute Gasteiger partial charge is 0.317 e. The third-order valence-corrected chi connectivity index (χ3v) is 6.37. The molecule has 0 aromatic heterocycles. The van der Waals surface area contributed by atoms with E-state index in [1.165, 1.54) is 62.9 Å². The summed E-state index contributed by atoms with van der Waals surface area (Å²) in [6.45, 7) is 9.61. The van der Waals surface area contributed by atoms with Gasteiger partial charge in [0.1, 0.15) is 0 Å². The van der Waals surface area contributed by atoms with Gasteiger partial charge in [0.2, 0.25) is 0 Å². The molecule has 1 aliphatic carbocycles. The molecule has 3 heteroatoms. The molecule has 0 bridgehead atoms. The standard InChI is InChI=1S/C22H38N2S/c1-20(2)24(18-21-10-6-7-11-21)16-8-14-23-15-9-17-25-19-22-12-4-3-5-13-22/h3-5,12-13,20-21,23H,6-11,14-19H2,1-2H3. The Kier molecular flexibility index (Phi) is 10.6. The van der Waals surface area contributed by atoms with Gasteiger partial charge in [-0.2, -0.15) is 11.8 Å². The molecule has 0 spiro atoms. The Morgan fingerprint density at radius 3 is 2.52 bits per heavy atom. The van der Waals surface area contributed by atoms with Gasteiger partial charge in [-0.1, -0.05) is 43.2 Å². The lowest BCUT2D eigenvalue weighted by Gasteiger charge is -2.29. The number of thioether (sulfide) groups is 1. The monoisotopic (exact) mass is 362 g/mol. The van der Waals surface area contributed by atoms with E-state index < -0.39 is 0 Å². The first-order valence-electron chi connectivity index (χ1n) is 10.3. The van der Waals surface area contributed by atoms with Crippen molar-refractivity contribution in [1.29, 1.82) is 0 Å². The molecule has 142 valence electrons. The summed E-state index contributed by atoms with van der Waals surface area (Å²) >= 11 is 2.05. The predicted molar refractivity (Wildman–Crippen MR) is 113 cm³/mol. The minimum absolute atomic E-state index is 0.690. The number of nitrogens with one attached hydrogen (secondary N) is 1. The maximum Gasteiger partial charge on any atom is 0.0184 e. The molecule has 0 atom stereocenters. The van der Waals surface area contributed by atoms with Gasteiger partial charge in [0.25, 0.3) is 0 Å². The average Bonchev–Trinajstić information content (AvgIpc) is 3.13. The molecule has 0 heterocycles. The van der Waals surface area contributed by atoms with Gasteiger partial charge in [0, 0.05) is 18.3 Å². The third-order valence-electron chi connectivity index (χ3n) is 5.25. The summed E-state index contributed by atoms with van der Waals surface area (Å²) in [7, 11) is 0. The molecule has 25 heavy (non-hydrogen) atoms. The number of hydrogen-bond donors (Lipinski definition) is 1. The first-order valence-corrected chi connectivity index (χ1v) is 11.5. The van der Waals surface area contributed by atoms with E-state index in [0.717, 1.165) is 24.8 Å². The molecule has 1 aromatic rings. The van der Waals surface area contributed by atoms with Crippen LogP contribution in [0.5, 0.6) is 0 Å². The molecule has 2 nitrogen and oxygen atoms in total. The van der Waals surface area contributed by atoms with Crippen molar-refractivity contribution in [3.8, 4) is 0 Å². The van der Waals surface area contributed by atoms with Crippen LogP contribution in [0.2, 0.25) is 0 Å². The molecular weight excluding hydrogens is 324 g/mol. The zero-order valence-corrected chi connectivity index (χ0v) is 17.2. The lowest BCUT2D eigenvalue weighted by molar-refractivity contribution is 0.185. The molecule has 1 fully saturated rings. The summed E-state index contributed by atoms with van der Waals surface area (Å²) in [5.41, 5.74) is 1.44. The van der Waals surface area contributed by atoms with E-state index in [2.05, 4.69) is 54.4 Å². The molecule has 1 aromatic carbocycles. The summed E-state index contributed by atoms with van der Waals surface area (Å²) in [4.78, 5) is 2.70. The van der Waals surface area contributed by atoms with E-state index in [-0.39, 0.29) is 0 Å². The third kappa shape index (κ3) is 9.12. The second-order valence-electron chi connectivity index (χ2n) is 7.73. The molecule has 1 aliphatic rings. The smallest absolute Gasteiger partial charge is 0.0184 e. The highest BCUT2D eigenvalue weighted by atomic mass is 32.2. The molecule has 0 unspecified atom stereocenters. The zero-order valence-electron chi connectivity index (χ0n) is 16.4. The maximum atomic E-state index is 3.63. The Morgan fingerprint density at radius 1 is 1.08 bits per heavy atom. The normalized spacial score (nSPS) is 15.5. The Morgan fingerprint density at radius 2 is 1.80 bits per heavy atom. The fourth-order valence-electron chi connectivity index (χ4n) is 3.68. The van der Waals surface area contributed by atoms with Crippen molar-refractivity contribution in [3.63, 3.8) is 0 Å². The van der Waals surface area contributed by atoms with Crippen LogP contribution in [0.4, 0.5) is 0 Å². The van der Waals surface area contributed by atoms with Crippen molar-refractivity contribution in [3.05, 3.63) is 35.9 Å². The summed E-state index contributed by atoms with van der Waals surface area (Å²) in [6, 6.07) is 11.5. The summed E-state index contributed by atoms with van der Waals surface area (Å²) in [6.07, 6.45) is 8.39. The van der Waals surface area contributed by atoms with Gasteiger partial charge in [-0.3, -0.25) is 0 Å². The SMILES string of the molecule is CC(C)N(CCCNCCCSCc1ccccc1)CC1CCCC1. The molecule has 0 aliphatic heterocycles. The van der Waals surface area contributed by atoms with Crippen molar-refractivity contribution in [2.75, 3.05) is 31.9 Å². The van der Waals surface area contributed by atoms with E-state index in [9.17, 15) is 0 Å². The Hall–Kier alpha value is -0.510. The van der Waals surface area contributed by atoms with Crippen LogP contribution in [-0.2, 0) is 5.75 Å². The Labute approximate surface area is 160 Å². The van der Waals surface area contributed by atoms with Crippen molar-refractivity contribution in [1.82, 2.24) is 10.2 Å². The first kappa shape index (κ1) is 20.8. The highest BCUT2D eigenvalue weighted by Crippen LogP contribution is 2.26. The van der Waals surface area contributed by atoms with Crippen LogP contribution in [0, 0.1) is 5.92 Å². The highest BCUT2D eigenvalue weighted by Gasteiger charge is 2.19. The van der Waals surface area contributed by atoms with Crippen LogP contribution >= 0.6 is 11.8 Å². The van der Waals surface area contributed by atoms with Gasteiger partial charge in [-0.05, 0) is 76.4 Å². The zero-order chi connectivity index (χ0) is 17.7. The van der Waals surface area contributed by atoms with Crippen LogP contribution in [-0.4, -0.2) is 42.9 Å². The molecule has 1 N–H and O–H groups in total. The van der Waals surface area contributed by atoms with E-state index in [1.807, 2.05) is 11.8 Å². The second kappa shape index (κ2) is 12.8. The van der Waals surface area contributed by atoms with Gasteiger partial charge in [0.15, 0.2) is 0 Å². The van der Waals surface area contributed by atoms with E-state index >= 15 is 0 Å². The van der Waals surface area contributed by atoms with E-state index in [4.69, 9.17) is 0 Å². The Bertz CT molecular complexity index is 429. The molecule has 1 saturated carbocycles. The van der Waals surface area contributed by atoms with Gasteiger partial charge < -0.3 is 10.2 Å². The fraction of sp³-hybridized carbons (Fsp3) is 0.727. The van der Waals surface area contributed by atoms with Gasteiger partial charge in [-0.15, -0.1) is 0 Å². The van der Waals surface area contributed by atoms with Crippen LogP contribution in [0.15, 0.2) is 30.3 Å². The van der Waals surface area contributed by atoms with Crippen molar-refractivity contribution < 1.29 is 0 Å². The minimum atomic E-state index is 0.690. The van der Waals surface area contributed by atoms with Gasteiger partial charge in [0.05, 0.1) is 0 Å². The van der Waals surface area contributed by atoms with Crippen LogP contribution in [0.1, 0.15) is 57.9 Å². The van der Waals surface area contributed by atoms with Crippen LogP contribution in [0.25, 0.3) is 0 Å². The van der Waals surface area contributed by atoms with Crippen LogP contribution < -0.4 is 5.32 Å². The lowest BCUT2D eigenvalue weighted by Crippen LogP contribution is -2.36. The molecule has 2 rings (SSSR count). The minimum Gasteiger partial charge on any atom is -0.317 e. The fourth-order valence-corrected chi connectivity index (χ4v) is 4.60. The highest BCUT2D eigenvalue weighted by molar-refractivity contribution is 7.98. The Balaban J connectivity index is 1.43. The maximum absolute atomic E-state index is 3.63. The van der Waals surface area contributed by atoms with Crippen LogP contribution in [0.3, 0.4) is 0 Å². The number of nitrogens with zero attached hydrogens (tertiary/aromatic N) is 1. The van der Waals surface area contributed by atoms with Gasteiger partial charge >= 0.3 is 0 Å². The average molecular weight is 363 g/mol. The van der Waals surface area contributed by atoms with Crippen molar-refractivity contribution in [2.45, 2.75) is 64.2 Å². The van der Waals surface area contributed by atoms with Crippen molar-refractivity contribution in [2.24, 2.45) is 5.92 Å².